The molecule has 0 aliphatic rings. The lowest BCUT2D eigenvalue weighted by Gasteiger charge is -2.07. The molecule has 0 saturated heterocycles. The second-order valence-electron chi connectivity index (χ2n) is 5.29. The maximum absolute atomic E-state index is 12.4. The molecule has 2 heterocycles. The number of benzene rings is 1. The summed E-state index contributed by atoms with van der Waals surface area (Å²) in [5, 5.41) is 1.52. The predicted molar refractivity (Wildman–Crippen MR) is 79.6 cm³/mol. The molecule has 0 unspecified atom stereocenters. The summed E-state index contributed by atoms with van der Waals surface area (Å²) in [6.07, 6.45) is 0. The van der Waals surface area contributed by atoms with Crippen LogP contribution in [0.3, 0.4) is 0 Å². The monoisotopic (exact) mass is 271 g/mol. The molecule has 0 atom stereocenters. The molecule has 0 radical (unpaired) electrons. The summed E-state index contributed by atoms with van der Waals surface area (Å²) in [6, 6.07) is 7.48. The van der Waals surface area contributed by atoms with Crippen molar-refractivity contribution in [2.75, 3.05) is 7.11 Å². The standard InChI is InChI=1S/C16H17NO3/c1-9(2)14-8-12-15(20-14)11-7-10(19-4)5-6-13(11)17(3)16(12)18/h5-9H,1-4H3. The molecule has 20 heavy (non-hydrogen) atoms. The van der Waals surface area contributed by atoms with E-state index in [9.17, 15) is 4.79 Å². The number of pyridine rings is 1. The van der Waals surface area contributed by atoms with Crippen molar-refractivity contribution < 1.29 is 9.15 Å². The van der Waals surface area contributed by atoms with E-state index in [1.807, 2.05) is 38.1 Å². The molecular formula is C16H17NO3. The molecule has 0 amide bonds. The van der Waals surface area contributed by atoms with Crippen LogP contribution in [0.25, 0.3) is 21.9 Å². The summed E-state index contributed by atoms with van der Waals surface area (Å²) in [6.45, 7) is 4.09. The molecule has 104 valence electrons. The van der Waals surface area contributed by atoms with Gasteiger partial charge in [-0.3, -0.25) is 4.79 Å². The van der Waals surface area contributed by atoms with E-state index in [-0.39, 0.29) is 11.5 Å². The molecule has 4 nitrogen and oxygen atoms in total. The van der Waals surface area contributed by atoms with Crippen LogP contribution in [-0.2, 0) is 7.05 Å². The molecule has 0 bridgehead atoms. The first-order valence-corrected chi connectivity index (χ1v) is 6.63. The zero-order valence-electron chi connectivity index (χ0n) is 12.1. The van der Waals surface area contributed by atoms with Crippen LogP contribution in [0, 0.1) is 0 Å². The molecule has 0 spiro atoms. The lowest BCUT2D eigenvalue weighted by molar-refractivity contribution is 0.415. The number of hydrogen-bond donors (Lipinski definition) is 0. The van der Waals surface area contributed by atoms with Gasteiger partial charge in [-0.2, -0.15) is 0 Å². The molecule has 3 rings (SSSR count). The van der Waals surface area contributed by atoms with Crippen molar-refractivity contribution in [1.82, 2.24) is 4.57 Å². The predicted octanol–water partition coefficient (Wildman–Crippen LogP) is 3.42. The van der Waals surface area contributed by atoms with E-state index >= 15 is 0 Å². The van der Waals surface area contributed by atoms with E-state index in [1.54, 1.807) is 18.7 Å². The Bertz CT molecular complexity index is 855. The van der Waals surface area contributed by atoms with E-state index in [0.717, 1.165) is 22.4 Å². The number of ether oxygens (including phenoxy) is 1. The minimum Gasteiger partial charge on any atom is -0.497 e. The molecule has 0 saturated carbocycles. The highest BCUT2D eigenvalue weighted by Gasteiger charge is 2.16. The Hall–Kier alpha value is -2.23. The summed E-state index contributed by atoms with van der Waals surface area (Å²) in [7, 11) is 3.40. The van der Waals surface area contributed by atoms with Crippen LogP contribution in [0.5, 0.6) is 5.75 Å². The number of furan rings is 1. The Morgan fingerprint density at radius 3 is 2.60 bits per heavy atom. The SMILES string of the molecule is COc1ccc2c(c1)c1oc(C(C)C)cc1c(=O)n2C. The molecule has 0 aliphatic carbocycles. The molecular weight excluding hydrogens is 254 g/mol. The topological polar surface area (TPSA) is 44.4 Å². The highest BCUT2D eigenvalue weighted by molar-refractivity contribution is 6.03. The number of aryl methyl sites for hydroxylation is 1. The van der Waals surface area contributed by atoms with E-state index in [0.29, 0.717) is 11.0 Å². The average molecular weight is 271 g/mol. The van der Waals surface area contributed by atoms with Gasteiger partial charge in [0, 0.05) is 18.4 Å². The van der Waals surface area contributed by atoms with Gasteiger partial charge in [0.2, 0.25) is 0 Å². The Kier molecular flexibility index (Phi) is 2.82. The van der Waals surface area contributed by atoms with Gasteiger partial charge in [-0.05, 0) is 24.3 Å². The number of fused-ring (bicyclic) bond motifs is 3. The Morgan fingerprint density at radius 2 is 1.95 bits per heavy atom. The normalized spacial score (nSPS) is 11.7. The summed E-state index contributed by atoms with van der Waals surface area (Å²) < 4.78 is 12.8. The van der Waals surface area contributed by atoms with Crippen LogP contribution >= 0.6 is 0 Å². The van der Waals surface area contributed by atoms with Crippen molar-refractivity contribution in [2.45, 2.75) is 19.8 Å². The van der Waals surface area contributed by atoms with Crippen molar-refractivity contribution >= 4 is 21.9 Å². The van der Waals surface area contributed by atoms with E-state index in [2.05, 4.69) is 0 Å². The van der Waals surface area contributed by atoms with Gasteiger partial charge in [0.05, 0.1) is 18.0 Å². The Labute approximate surface area is 116 Å². The summed E-state index contributed by atoms with van der Waals surface area (Å²) in [4.78, 5) is 12.4. The van der Waals surface area contributed by atoms with E-state index in [1.165, 1.54) is 0 Å². The van der Waals surface area contributed by atoms with Crippen molar-refractivity contribution in [1.29, 1.82) is 0 Å². The maximum Gasteiger partial charge on any atom is 0.261 e. The van der Waals surface area contributed by atoms with Crippen molar-refractivity contribution in [3.63, 3.8) is 0 Å². The minimum absolute atomic E-state index is 0.0340. The van der Waals surface area contributed by atoms with Crippen molar-refractivity contribution in [3.8, 4) is 5.75 Å². The lowest BCUT2D eigenvalue weighted by Crippen LogP contribution is -2.16. The van der Waals surface area contributed by atoms with Gasteiger partial charge in [0.25, 0.3) is 5.56 Å². The van der Waals surface area contributed by atoms with Crippen molar-refractivity contribution in [3.05, 3.63) is 40.4 Å². The van der Waals surface area contributed by atoms with Crippen LogP contribution in [-0.4, -0.2) is 11.7 Å². The zero-order valence-corrected chi connectivity index (χ0v) is 12.1. The molecule has 1 aromatic carbocycles. The third-order valence-electron chi connectivity index (χ3n) is 3.66. The van der Waals surface area contributed by atoms with Gasteiger partial charge in [0.15, 0.2) is 0 Å². The third kappa shape index (κ3) is 1.72. The second-order valence-corrected chi connectivity index (χ2v) is 5.29. The highest BCUT2D eigenvalue weighted by Crippen LogP contribution is 2.30. The van der Waals surface area contributed by atoms with Crippen LogP contribution in [0.15, 0.2) is 33.5 Å². The van der Waals surface area contributed by atoms with Gasteiger partial charge in [-0.25, -0.2) is 0 Å². The Morgan fingerprint density at radius 1 is 1.20 bits per heavy atom. The van der Waals surface area contributed by atoms with E-state index < -0.39 is 0 Å². The maximum atomic E-state index is 12.4. The smallest absolute Gasteiger partial charge is 0.261 e. The number of nitrogens with zero attached hydrogens (tertiary/aromatic N) is 1. The van der Waals surface area contributed by atoms with Crippen molar-refractivity contribution in [2.24, 2.45) is 7.05 Å². The fourth-order valence-corrected chi connectivity index (χ4v) is 2.46. The third-order valence-corrected chi connectivity index (χ3v) is 3.66. The largest absolute Gasteiger partial charge is 0.497 e. The quantitative estimate of drug-likeness (QED) is 0.717. The fourth-order valence-electron chi connectivity index (χ4n) is 2.46. The number of rotatable bonds is 2. The van der Waals surface area contributed by atoms with Gasteiger partial charge in [-0.15, -0.1) is 0 Å². The highest BCUT2D eigenvalue weighted by atomic mass is 16.5. The molecule has 0 aliphatic heterocycles. The first kappa shape index (κ1) is 12.8. The molecule has 2 aromatic heterocycles. The number of methoxy groups -OCH3 is 1. The zero-order chi connectivity index (χ0) is 14.4. The number of aromatic nitrogens is 1. The van der Waals surface area contributed by atoms with Gasteiger partial charge >= 0.3 is 0 Å². The molecule has 0 N–H and O–H groups in total. The number of hydrogen-bond acceptors (Lipinski definition) is 3. The fraction of sp³-hybridized carbons (Fsp3) is 0.312. The van der Waals surface area contributed by atoms with Gasteiger partial charge in [-0.1, -0.05) is 13.8 Å². The summed E-state index contributed by atoms with van der Waals surface area (Å²) in [5.74, 6) is 1.82. The van der Waals surface area contributed by atoms with Crippen LogP contribution in [0.2, 0.25) is 0 Å². The van der Waals surface area contributed by atoms with Gasteiger partial charge in [0.1, 0.15) is 17.1 Å². The lowest BCUT2D eigenvalue weighted by atomic mass is 10.1. The van der Waals surface area contributed by atoms with Crippen LogP contribution in [0.4, 0.5) is 0 Å². The van der Waals surface area contributed by atoms with Crippen LogP contribution < -0.4 is 10.3 Å². The minimum atomic E-state index is -0.0340. The first-order chi connectivity index (χ1) is 9.52. The molecule has 0 fully saturated rings. The van der Waals surface area contributed by atoms with Gasteiger partial charge < -0.3 is 13.7 Å². The average Bonchev–Trinajstić information content (AvgIpc) is 2.90. The molecule has 4 heteroatoms. The van der Waals surface area contributed by atoms with E-state index in [4.69, 9.17) is 9.15 Å². The summed E-state index contributed by atoms with van der Waals surface area (Å²) in [5.41, 5.74) is 1.45. The second kappa shape index (κ2) is 4.40. The first-order valence-electron chi connectivity index (χ1n) is 6.63. The summed E-state index contributed by atoms with van der Waals surface area (Å²) >= 11 is 0. The molecule has 3 aromatic rings. The Balaban J connectivity index is 2.51. The van der Waals surface area contributed by atoms with Crippen LogP contribution in [0.1, 0.15) is 25.5 Å².